The number of fused-ring (bicyclic) bond motifs is 1. The molecule has 3 heterocycles. The fourth-order valence-corrected chi connectivity index (χ4v) is 6.60. The van der Waals surface area contributed by atoms with Crippen LogP contribution in [0.2, 0.25) is 5.02 Å². The summed E-state index contributed by atoms with van der Waals surface area (Å²) < 4.78 is 17.3. The molecule has 202 valence electrons. The van der Waals surface area contributed by atoms with Gasteiger partial charge in [-0.15, -0.1) is 0 Å². The molecule has 1 aromatic heterocycles. The third-order valence-electron chi connectivity index (χ3n) is 8.46. The number of piperidine rings is 1. The average molecular weight is 542 g/mol. The summed E-state index contributed by atoms with van der Waals surface area (Å²) in [6.07, 6.45) is 4.27. The third kappa shape index (κ3) is 4.78. The van der Waals surface area contributed by atoms with Crippen LogP contribution in [0.25, 0.3) is 0 Å². The smallest absolute Gasteiger partial charge is 0.410 e. The maximum absolute atomic E-state index is 13.3. The normalized spacial score (nSPS) is 29.7. The van der Waals surface area contributed by atoms with Crippen molar-refractivity contribution in [2.45, 2.75) is 69.2 Å². The number of benzene rings is 1. The average Bonchev–Trinajstić information content (AvgIpc) is 3.24. The Kier molecular flexibility index (Phi) is 6.60. The molecule has 2 saturated carbocycles. The summed E-state index contributed by atoms with van der Waals surface area (Å²) in [5.74, 6) is 0.720. The van der Waals surface area contributed by atoms with Crippen molar-refractivity contribution in [3.05, 3.63) is 52.2 Å². The lowest BCUT2D eigenvalue weighted by atomic mass is 9.50. The minimum absolute atomic E-state index is 0.00138. The van der Waals surface area contributed by atoms with Crippen LogP contribution in [-0.4, -0.2) is 65.5 Å². The van der Waals surface area contributed by atoms with Crippen molar-refractivity contribution in [1.82, 2.24) is 15.2 Å². The number of ether oxygens (including phenoxy) is 3. The lowest BCUT2D eigenvalue weighted by Crippen LogP contribution is -2.49. The molecule has 1 spiro atoms. The van der Waals surface area contributed by atoms with E-state index in [1.165, 1.54) is 7.11 Å². The number of cyclic esters (lactones) is 1. The van der Waals surface area contributed by atoms with E-state index in [9.17, 15) is 14.7 Å². The van der Waals surface area contributed by atoms with E-state index in [1.807, 2.05) is 12.1 Å². The van der Waals surface area contributed by atoms with Crippen molar-refractivity contribution in [2.75, 3.05) is 20.3 Å². The van der Waals surface area contributed by atoms with Crippen molar-refractivity contribution >= 4 is 23.6 Å². The molecule has 10 heteroatoms. The van der Waals surface area contributed by atoms with Gasteiger partial charge in [-0.3, -0.25) is 4.79 Å². The summed E-state index contributed by atoms with van der Waals surface area (Å²) >= 11 is 5.97. The predicted molar refractivity (Wildman–Crippen MR) is 139 cm³/mol. The van der Waals surface area contributed by atoms with Gasteiger partial charge in [0.15, 0.2) is 0 Å². The summed E-state index contributed by atoms with van der Waals surface area (Å²) in [5.41, 5.74) is 2.22. The Hall–Kier alpha value is -3.04. The SMILES string of the molecule is COc1nc(C2CC3(CC(O)C3)C2)c(O[C@H]2CCN3C(=O)OC[C@@H]3C2)cc1C(=O)NCc1ccc(Cl)cc1. The van der Waals surface area contributed by atoms with Crippen molar-refractivity contribution in [3.8, 4) is 11.6 Å². The molecule has 2 atom stereocenters. The minimum atomic E-state index is -0.308. The molecule has 2 amide bonds. The number of rotatable bonds is 7. The van der Waals surface area contributed by atoms with Gasteiger partial charge >= 0.3 is 6.09 Å². The van der Waals surface area contributed by atoms with Gasteiger partial charge in [0, 0.05) is 42.9 Å². The molecule has 38 heavy (non-hydrogen) atoms. The quantitative estimate of drug-likeness (QED) is 0.544. The number of aliphatic hydroxyl groups is 1. The van der Waals surface area contributed by atoms with Crippen LogP contribution in [0.4, 0.5) is 4.79 Å². The number of aromatic nitrogens is 1. The lowest BCUT2D eigenvalue weighted by Gasteiger charge is -2.56. The molecule has 2 aromatic rings. The van der Waals surface area contributed by atoms with Crippen LogP contribution in [0.3, 0.4) is 0 Å². The van der Waals surface area contributed by atoms with Crippen LogP contribution in [0.1, 0.15) is 66.1 Å². The van der Waals surface area contributed by atoms with Crippen LogP contribution in [0.5, 0.6) is 11.6 Å². The van der Waals surface area contributed by atoms with Gasteiger partial charge in [0.2, 0.25) is 5.88 Å². The van der Waals surface area contributed by atoms with Crippen molar-refractivity contribution < 1.29 is 28.9 Å². The van der Waals surface area contributed by atoms with Crippen LogP contribution in [0.15, 0.2) is 30.3 Å². The number of carbonyl (C=O) groups is 2. The summed E-state index contributed by atoms with van der Waals surface area (Å²) in [5, 5.41) is 13.4. The number of aliphatic hydroxyl groups excluding tert-OH is 1. The fraction of sp³-hybridized carbons (Fsp3) is 0.536. The van der Waals surface area contributed by atoms with E-state index in [2.05, 4.69) is 5.32 Å². The second-order valence-corrected chi connectivity index (χ2v) is 11.5. The maximum Gasteiger partial charge on any atom is 0.410 e. The Morgan fingerprint density at radius 3 is 2.74 bits per heavy atom. The molecule has 0 unspecified atom stereocenters. The zero-order valence-electron chi connectivity index (χ0n) is 21.3. The Labute approximate surface area is 226 Å². The highest BCUT2D eigenvalue weighted by Crippen LogP contribution is 2.62. The highest BCUT2D eigenvalue weighted by atomic mass is 35.5. The van der Waals surface area contributed by atoms with Gasteiger partial charge in [-0.05, 0) is 48.8 Å². The third-order valence-corrected chi connectivity index (χ3v) is 8.71. The first kappa shape index (κ1) is 25.2. The maximum atomic E-state index is 13.3. The lowest BCUT2D eigenvalue weighted by molar-refractivity contribution is -0.0935. The van der Waals surface area contributed by atoms with E-state index >= 15 is 0 Å². The number of carbonyl (C=O) groups excluding carboxylic acids is 2. The standard InChI is InChI=1S/C28H32ClN3O6/c1-36-26-22(25(34)30-14-16-2-4-18(29)5-3-16)9-23(24(31-26)17-10-28(11-17)12-20(33)13-28)38-21-6-7-32-19(8-21)15-37-27(32)35/h2-5,9,17,19-21,33H,6-8,10-15H2,1H3,(H,30,34)/t17?,19-,20?,21-,28?/m0/s1. The molecule has 1 aromatic carbocycles. The molecule has 2 saturated heterocycles. The van der Waals surface area contributed by atoms with Crippen LogP contribution in [0, 0.1) is 5.41 Å². The summed E-state index contributed by atoms with van der Waals surface area (Å²) in [7, 11) is 1.51. The molecule has 2 N–H and O–H groups in total. The van der Waals surface area contributed by atoms with Gasteiger partial charge < -0.3 is 29.5 Å². The van der Waals surface area contributed by atoms with Gasteiger partial charge in [-0.2, -0.15) is 0 Å². The number of amides is 2. The molecule has 2 aliphatic carbocycles. The second kappa shape index (κ2) is 9.93. The van der Waals surface area contributed by atoms with Crippen molar-refractivity contribution in [1.29, 1.82) is 0 Å². The van der Waals surface area contributed by atoms with Crippen LogP contribution in [-0.2, 0) is 11.3 Å². The van der Waals surface area contributed by atoms with Gasteiger partial charge in [0.05, 0.1) is 24.9 Å². The Bertz CT molecular complexity index is 1220. The zero-order valence-corrected chi connectivity index (χ0v) is 22.1. The number of halogens is 1. The van der Waals surface area contributed by atoms with Gasteiger partial charge in [-0.1, -0.05) is 23.7 Å². The van der Waals surface area contributed by atoms with E-state index in [4.69, 9.17) is 30.8 Å². The molecule has 2 aliphatic heterocycles. The highest BCUT2D eigenvalue weighted by molar-refractivity contribution is 6.30. The minimum Gasteiger partial charge on any atom is -0.488 e. The molecular weight excluding hydrogens is 510 g/mol. The molecule has 9 nitrogen and oxygen atoms in total. The van der Waals surface area contributed by atoms with E-state index in [1.54, 1.807) is 23.1 Å². The molecule has 4 fully saturated rings. The Morgan fingerprint density at radius 2 is 2.03 bits per heavy atom. The van der Waals surface area contributed by atoms with Crippen molar-refractivity contribution in [2.24, 2.45) is 5.41 Å². The Balaban J connectivity index is 1.24. The second-order valence-electron chi connectivity index (χ2n) is 11.1. The first-order valence-electron chi connectivity index (χ1n) is 13.2. The van der Waals surface area contributed by atoms with E-state index in [0.29, 0.717) is 48.9 Å². The molecular formula is C28H32ClN3O6. The largest absolute Gasteiger partial charge is 0.488 e. The number of hydrogen-bond acceptors (Lipinski definition) is 7. The van der Waals surface area contributed by atoms with E-state index < -0.39 is 0 Å². The summed E-state index contributed by atoms with van der Waals surface area (Å²) in [6.45, 7) is 1.28. The van der Waals surface area contributed by atoms with Gasteiger partial charge in [0.25, 0.3) is 5.91 Å². The Morgan fingerprint density at radius 1 is 1.26 bits per heavy atom. The fourth-order valence-electron chi connectivity index (χ4n) is 6.48. The number of nitrogens with zero attached hydrogens (tertiary/aromatic N) is 2. The number of hydrogen-bond donors (Lipinski definition) is 2. The first-order chi connectivity index (χ1) is 18.3. The molecule has 0 bridgehead atoms. The van der Waals surface area contributed by atoms with E-state index in [0.717, 1.165) is 36.9 Å². The zero-order chi connectivity index (χ0) is 26.4. The first-order valence-corrected chi connectivity index (χ1v) is 13.6. The van der Waals surface area contributed by atoms with E-state index in [-0.39, 0.29) is 47.5 Å². The van der Waals surface area contributed by atoms with Gasteiger partial charge in [0.1, 0.15) is 24.0 Å². The highest BCUT2D eigenvalue weighted by Gasteiger charge is 2.54. The molecule has 0 radical (unpaired) electrons. The van der Waals surface area contributed by atoms with Gasteiger partial charge in [-0.25, -0.2) is 9.78 Å². The summed E-state index contributed by atoms with van der Waals surface area (Å²) in [6, 6.07) is 9.05. The predicted octanol–water partition coefficient (Wildman–Crippen LogP) is 4.05. The monoisotopic (exact) mass is 541 g/mol. The molecule has 4 aliphatic rings. The summed E-state index contributed by atoms with van der Waals surface area (Å²) in [4.78, 5) is 31.8. The number of pyridine rings is 1. The van der Waals surface area contributed by atoms with Crippen LogP contribution >= 0.6 is 11.6 Å². The van der Waals surface area contributed by atoms with Crippen LogP contribution < -0.4 is 14.8 Å². The number of nitrogens with one attached hydrogen (secondary N) is 1. The topological polar surface area (TPSA) is 110 Å². The molecule has 6 rings (SSSR count). The van der Waals surface area contributed by atoms with Crippen molar-refractivity contribution in [3.63, 3.8) is 0 Å². The number of methoxy groups -OCH3 is 1.